The molecule has 0 spiro atoms. The fourth-order valence-electron chi connectivity index (χ4n) is 4.91. The van der Waals surface area contributed by atoms with Crippen molar-refractivity contribution in [2.45, 2.75) is 76.5 Å². The van der Waals surface area contributed by atoms with E-state index in [9.17, 15) is 10.2 Å². The first kappa shape index (κ1) is 20.7. The summed E-state index contributed by atoms with van der Waals surface area (Å²) in [5.74, 6) is -0.0661. The highest BCUT2D eigenvalue weighted by Crippen LogP contribution is 2.72. The predicted octanol–water partition coefficient (Wildman–Crippen LogP) is 2.98. The van der Waals surface area contributed by atoms with Crippen LogP contribution in [0, 0.1) is 11.3 Å². The lowest BCUT2D eigenvalue weighted by molar-refractivity contribution is -0.267. The van der Waals surface area contributed by atoms with Gasteiger partial charge in [0.2, 0.25) is 0 Å². The van der Waals surface area contributed by atoms with Gasteiger partial charge in [-0.15, -0.1) is 0 Å². The maximum Gasteiger partial charge on any atom is 0.190 e. The van der Waals surface area contributed by atoms with Gasteiger partial charge in [-0.1, -0.05) is 69.9 Å². The van der Waals surface area contributed by atoms with E-state index in [1.54, 1.807) is 0 Å². The minimum Gasteiger partial charge on any atom is -0.386 e. The van der Waals surface area contributed by atoms with Crippen LogP contribution in [0.25, 0.3) is 0 Å². The Bertz CT molecular complexity index is 608. The SMILES string of the molecule is CC1(C)[C@@]2(O)C(OCc3ccccc3)OC[C@H](CCCCCCCN)[C@]12O. The Labute approximate surface area is 162 Å². The number of hydrogen-bond acceptors (Lipinski definition) is 5. The molecule has 1 aliphatic carbocycles. The lowest BCUT2D eigenvalue weighted by Crippen LogP contribution is -2.51. The van der Waals surface area contributed by atoms with Crippen LogP contribution in [-0.2, 0) is 16.1 Å². The monoisotopic (exact) mass is 377 g/mol. The van der Waals surface area contributed by atoms with Crippen molar-refractivity contribution in [1.82, 2.24) is 0 Å². The summed E-state index contributed by atoms with van der Waals surface area (Å²) in [6, 6.07) is 9.82. The standard InChI is InChI=1S/C22H35NO4/c1-20(2)21(24)18(13-9-4-3-5-10-14-23)16-27-19(22(20,21)25)26-15-17-11-7-6-8-12-17/h6-8,11-12,18-19,24-25H,3-5,9-10,13-16,23H2,1-2H3/t18-,19?,21-,22-/m0/s1. The number of fused-ring (bicyclic) bond motifs is 1. The van der Waals surface area contributed by atoms with Gasteiger partial charge in [0.15, 0.2) is 11.9 Å². The van der Waals surface area contributed by atoms with E-state index in [1.807, 2.05) is 44.2 Å². The summed E-state index contributed by atoms with van der Waals surface area (Å²) in [6.45, 7) is 5.35. The zero-order chi connectivity index (χ0) is 19.5. The second-order valence-corrected chi connectivity index (χ2v) is 8.66. The largest absolute Gasteiger partial charge is 0.386 e. The molecule has 0 radical (unpaired) electrons. The van der Waals surface area contributed by atoms with E-state index in [2.05, 4.69) is 0 Å². The summed E-state index contributed by atoms with van der Waals surface area (Å²) in [4.78, 5) is 0. The quantitative estimate of drug-likeness (QED) is 0.546. The van der Waals surface area contributed by atoms with Crippen molar-refractivity contribution in [3.05, 3.63) is 35.9 Å². The van der Waals surface area contributed by atoms with Crippen molar-refractivity contribution in [1.29, 1.82) is 0 Å². The number of unbranched alkanes of at least 4 members (excludes halogenated alkanes) is 4. The van der Waals surface area contributed by atoms with E-state index < -0.39 is 22.9 Å². The Morgan fingerprint density at radius 2 is 1.70 bits per heavy atom. The molecule has 1 aromatic rings. The molecule has 0 amide bonds. The van der Waals surface area contributed by atoms with Gasteiger partial charge in [0.25, 0.3) is 0 Å². The van der Waals surface area contributed by atoms with E-state index in [4.69, 9.17) is 15.2 Å². The molecule has 1 unspecified atom stereocenters. The van der Waals surface area contributed by atoms with Gasteiger partial charge in [-0.2, -0.15) is 0 Å². The predicted molar refractivity (Wildman–Crippen MR) is 105 cm³/mol. The van der Waals surface area contributed by atoms with Gasteiger partial charge in [0.1, 0.15) is 5.60 Å². The van der Waals surface area contributed by atoms with Crippen molar-refractivity contribution >= 4 is 0 Å². The maximum atomic E-state index is 11.4. The van der Waals surface area contributed by atoms with Crippen molar-refractivity contribution in [2.75, 3.05) is 13.2 Å². The fraction of sp³-hybridized carbons (Fsp3) is 0.727. The molecule has 4 N–H and O–H groups in total. The summed E-state index contributed by atoms with van der Waals surface area (Å²) in [5.41, 5.74) is 3.38. The normalized spacial score (nSPS) is 34.3. The van der Waals surface area contributed by atoms with Gasteiger partial charge in [0.05, 0.1) is 13.2 Å². The molecule has 27 heavy (non-hydrogen) atoms. The molecule has 0 bridgehead atoms. The van der Waals surface area contributed by atoms with Gasteiger partial charge >= 0.3 is 0 Å². The Morgan fingerprint density at radius 3 is 2.41 bits per heavy atom. The van der Waals surface area contributed by atoms with Gasteiger partial charge in [0, 0.05) is 11.3 Å². The summed E-state index contributed by atoms with van der Waals surface area (Å²) < 4.78 is 11.8. The molecule has 1 aromatic carbocycles. The molecule has 5 heteroatoms. The molecule has 1 saturated heterocycles. The van der Waals surface area contributed by atoms with E-state index in [0.717, 1.165) is 44.2 Å². The molecule has 1 saturated carbocycles. The Kier molecular flexibility index (Phi) is 6.28. The van der Waals surface area contributed by atoms with Crippen LogP contribution < -0.4 is 5.73 Å². The Morgan fingerprint density at radius 1 is 1.04 bits per heavy atom. The highest BCUT2D eigenvalue weighted by atomic mass is 16.7. The molecule has 2 fully saturated rings. The topological polar surface area (TPSA) is 84.9 Å². The van der Waals surface area contributed by atoms with Crippen molar-refractivity contribution < 1.29 is 19.7 Å². The molecular weight excluding hydrogens is 342 g/mol. The first-order valence-electron chi connectivity index (χ1n) is 10.3. The van der Waals surface area contributed by atoms with Crippen LogP contribution >= 0.6 is 0 Å². The number of rotatable bonds is 10. The third-order valence-electron chi connectivity index (χ3n) is 6.81. The van der Waals surface area contributed by atoms with Crippen LogP contribution in [0.3, 0.4) is 0 Å². The zero-order valence-electron chi connectivity index (χ0n) is 16.7. The lowest BCUT2D eigenvalue weighted by atomic mass is 9.87. The molecule has 0 aromatic heterocycles. The minimum atomic E-state index is -1.36. The average Bonchev–Trinajstić information content (AvgIpc) is 3.04. The summed E-state index contributed by atoms with van der Waals surface area (Å²) in [6.07, 6.45) is 5.60. The molecule has 1 aliphatic heterocycles. The van der Waals surface area contributed by atoms with Gasteiger partial charge < -0.3 is 25.4 Å². The first-order chi connectivity index (χ1) is 12.9. The molecular formula is C22H35NO4. The van der Waals surface area contributed by atoms with Crippen LogP contribution in [0.4, 0.5) is 0 Å². The number of aliphatic hydroxyl groups is 2. The van der Waals surface area contributed by atoms with Crippen molar-refractivity contribution in [2.24, 2.45) is 17.1 Å². The second-order valence-electron chi connectivity index (χ2n) is 8.66. The van der Waals surface area contributed by atoms with Crippen LogP contribution in [0.5, 0.6) is 0 Å². The molecule has 3 rings (SSSR count). The number of ether oxygens (including phenoxy) is 2. The Balaban J connectivity index is 1.57. The Hall–Kier alpha value is -0.980. The fourth-order valence-corrected chi connectivity index (χ4v) is 4.91. The van der Waals surface area contributed by atoms with Crippen LogP contribution in [0.2, 0.25) is 0 Å². The minimum absolute atomic E-state index is 0.0661. The first-order valence-corrected chi connectivity index (χ1v) is 10.3. The highest BCUT2D eigenvalue weighted by molar-refractivity contribution is 5.36. The van der Waals surface area contributed by atoms with E-state index >= 15 is 0 Å². The molecule has 152 valence electrons. The number of hydrogen-bond donors (Lipinski definition) is 3. The summed E-state index contributed by atoms with van der Waals surface area (Å²) in [5, 5.41) is 22.7. The van der Waals surface area contributed by atoms with Crippen molar-refractivity contribution in [3.63, 3.8) is 0 Å². The summed E-state index contributed by atoms with van der Waals surface area (Å²) >= 11 is 0. The van der Waals surface area contributed by atoms with Crippen LogP contribution in [-0.4, -0.2) is 40.9 Å². The van der Waals surface area contributed by atoms with Crippen LogP contribution in [0.1, 0.15) is 57.9 Å². The molecule has 1 heterocycles. The maximum absolute atomic E-state index is 11.4. The van der Waals surface area contributed by atoms with Crippen molar-refractivity contribution in [3.8, 4) is 0 Å². The van der Waals surface area contributed by atoms with Gasteiger partial charge in [-0.25, -0.2) is 0 Å². The number of benzene rings is 1. The van der Waals surface area contributed by atoms with E-state index in [0.29, 0.717) is 13.2 Å². The highest BCUT2D eigenvalue weighted by Gasteiger charge is 2.89. The van der Waals surface area contributed by atoms with E-state index in [-0.39, 0.29) is 5.92 Å². The smallest absolute Gasteiger partial charge is 0.190 e. The molecule has 2 aliphatic rings. The third kappa shape index (κ3) is 3.45. The number of nitrogens with two attached hydrogens (primary N) is 1. The molecule has 4 atom stereocenters. The van der Waals surface area contributed by atoms with E-state index in [1.165, 1.54) is 6.42 Å². The second kappa shape index (κ2) is 8.18. The zero-order valence-corrected chi connectivity index (χ0v) is 16.7. The molecule has 5 nitrogen and oxygen atoms in total. The van der Waals surface area contributed by atoms with Gasteiger partial charge in [-0.05, 0) is 24.9 Å². The summed E-state index contributed by atoms with van der Waals surface area (Å²) in [7, 11) is 0. The average molecular weight is 378 g/mol. The third-order valence-corrected chi connectivity index (χ3v) is 6.81. The van der Waals surface area contributed by atoms with Crippen LogP contribution in [0.15, 0.2) is 30.3 Å². The van der Waals surface area contributed by atoms with Gasteiger partial charge in [-0.3, -0.25) is 0 Å². The lowest BCUT2D eigenvalue weighted by Gasteiger charge is -2.36.